The summed E-state index contributed by atoms with van der Waals surface area (Å²) >= 11 is 5.62. The van der Waals surface area contributed by atoms with Gasteiger partial charge in [0.25, 0.3) is 0 Å². The van der Waals surface area contributed by atoms with Crippen LogP contribution in [0.1, 0.15) is 12.8 Å². The number of carbonyl (C=O) groups is 1. The van der Waals surface area contributed by atoms with Crippen molar-refractivity contribution in [3.8, 4) is 0 Å². The van der Waals surface area contributed by atoms with Gasteiger partial charge >= 0.3 is 0 Å². The number of alkyl halides is 1. The summed E-state index contributed by atoms with van der Waals surface area (Å²) in [7, 11) is 0. The fourth-order valence-electron chi connectivity index (χ4n) is 0.880. The van der Waals surface area contributed by atoms with Crippen LogP contribution in [0.15, 0.2) is 0 Å². The number of hydrogen-bond acceptors (Lipinski definition) is 2. The van der Waals surface area contributed by atoms with Crippen molar-refractivity contribution in [3.63, 3.8) is 0 Å². The molecule has 0 saturated heterocycles. The molecular formula is C5H9ClN2O. The lowest BCUT2D eigenvalue weighted by molar-refractivity contribution is -0.127. The number of nitrogens with one attached hydrogen (secondary N) is 1. The molecule has 3 N–H and O–H groups in total. The molecular weight excluding hydrogens is 140 g/mol. The van der Waals surface area contributed by atoms with Gasteiger partial charge < -0.3 is 0 Å². The maximum Gasteiger partial charge on any atom is 0.237 e. The van der Waals surface area contributed by atoms with E-state index < -0.39 is 0 Å². The second kappa shape index (κ2) is 2.54. The minimum absolute atomic E-state index is 0.0671. The lowest BCUT2D eigenvalue weighted by Crippen LogP contribution is -2.42. The van der Waals surface area contributed by atoms with E-state index in [0.717, 1.165) is 12.8 Å². The summed E-state index contributed by atoms with van der Waals surface area (Å²) in [6.45, 7) is 0. The molecule has 0 atom stereocenters. The Morgan fingerprint density at radius 1 is 1.67 bits per heavy atom. The van der Waals surface area contributed by atoms with Crippen molar-refractivity contribution >= 4 is 17.5 Å². The van der Waals surface area contributed by atoms with Crippen molar-refractivity contribution in [2.45, 2.75) is 18.2 Å². The van der Waals surface area contributed by atoms with E-state index in [1.165, 1.54) is 0 Å². The topological polar surface area (TPSA) is 55.1 Å². The Hall–Kier alpha value is -0.280. The standard InChI is InChI=1S/C5H9ClN2O/c6-4-1-3(2-4)5(9)8-7/h3-4H,1-2,7H2,(H,8,9)/t3-,4-. The van der Waals surface area contributed by atoms with Gasteiger partial charge in [-0.25, -0.2) is 5.84 Å². The number of rotatable bonds is 1. The Morgan fingerprint density at radius 2 is 2.22 bits per heavy atom. The van der Waals surface area contributed by atoms with Crippen molar-refractivity contribution in [1.29, 1.82) is 0 Å². The van der Waals surface area contributed by atoms with Crippen molar-refractivity contribution in [2.24, 2.45) is 11.8 Å². The number of amides is 1. The normalized spacial score (nSPS) is 33.1. The number of carbonyl (C=O) groups excluding carboxylic acids is 1. The number of hydrazine groups is 1. The molecule has 1 saturated carbocycles. The predicted octanol–water partition coefficient (Wildman–Crippen LogP) is -0.00630. The van der Waals surface area contributed by atoms with Crippen LogP contribution in [0.4, 0.5) is 0 Å². The summed E-state index contributed by atoms with van der Waals surface area (Å²) < 4.78 is 0. The van der Waals surface area contributed by atoms with Crippen molar-refractivity contribution < 1.29 is 4.79 Å². The highest BCUT2D eigenvalue weighted by Crippen LogP contribution is 2.31. The zero-order valence-corrected chi connectivity index (χ0v) is 5.69. The van der Waals surface area contributed by atoms with Crippen LogP contribution < -0.4 is 11.3 Å². The van der Waals surface area contributed by atoms with Crippen LogP contribution in [0.5, 0.6) is 0 Å². The summed E-state index contributed by atoms with van der Waals surface area (Å²) in [6.07, 6.45) is 1.54. The predicted molar refractivity (Wildman–Crippen MR) is 34.7 cm³/mol. The van der Waals surface area contributed by atoms with Crippen LogP contribution in [-0.2, 0) is 4.79 Å². The van der Waals surface area contributed by atoms with Crippen LogP contribution in [0.3, 0.4) is 0 Å². The molecule has 4 heteroatoms. The van der Waals surface area contributed by atoms with Gasteiger partial charge in [-0.2, -0.15) is 0 Å². The molecule has 0 aromatic heterocycles. The molecule has 1 aliphatic rings. The minimum Gasteiger partial charge on any atom is -0.294 e. The summed E-state index contributed by atoms with van der Waals surface area (Å²) in [4.78, 5) is 10.6. The average Bonchev–Trinajstić information content (AvgIpc) is 1.79. The van der Waals surface area contributed by atoms with Crippen LogP contribution in [0.25, 0.3) is 0 Å². The minimum atomic E-state index is -0.0908. The molecule has 0 radical (unpaired) electrons. The van der Waals surface area contributed by atoms with Crippen molar-refractivity contribution in [3.05, 3.63) is 0 Å². The van der Waals surface area contributed by atoms with Crippen LogP contribution in [-0.4, -0.2) is 11.3 Å². The van der Waals surface area contributed by atoms with Gasteiger partial charge in [0.05, 0.1) is 0 Å². The third-order valence-electron chi connectivity index (χ3n) is 1.59. The maximum absolute atomic E-state index is 10.6. The first-order chi connectivity index (χ1) is 4.24. The van der Waals surface area contributed by atoms with Gasteiger partial charge in [-0.3, -0.25) is 10.2 Å². The van der Waals surface area contributed by atoms with Gasteiger partial charge in [0.1, 0.15) is 0 Å². The SMILES string of the molecule is NNC(=O)[C@H]1C[C@H](Cl)C1. The molecule has 1 rings (SSSR count). The Morgan fingerprint density at radius 3 is 2.56 bits per heavy atom. The first-order valence-corrected chi connectivity index (χ1v) is 3.32. The molecule has 9 heavy (non-hydrogen) atoms. The molecule has 3 nitrogen and oxygen atoms in total. The second-order valence-electron chi connectivity index (χ2n) is 2.27. The fraction of sp³-hybridized carbons (Fsp3) is 0.800. The first-order valence-electron chi connectivity index (χ1n) is 2.88. The number of halogens is 1. The zero-order chi connectivity index (χ0) is 6.85. The summed E-state index contributed by atoms with van der Waals surface area (Å²) in [5, 5.41) is 0.187. The highest BCUT2D eigenvalue weighted by molar-refractivity contribution is 6.21. The fourth-order valence-corrected chi connectivity index (χ4v) is 1.31. The largest absolute Gasteiger partial charge is 0.294 e. The lowest BCUT2D eigenvalue weighted by atomic mass is 9.84. The molecule has 1 fully saturated rings. The van der Waals surface area contributed by atoms with Gasteiger partial charge in [0.15, 0.2) is 0 Å². The Kier molecular flexibility index (Phi) is 1.93. The van der Waals surface area contributed by atoms with E-state index in [4.69, 9.17) is 17.4 Å². The van der Waals surface area contributed by atoms with E-state index >= 15 is 0 Å². The maximum atomic E-state index is 10.6. The van der Waals surface area contributed by atoms with Gasteiger partial charge in [0, 0.05) is 11.3 Å². The van der Waals surface area contributed by atoms with Gasteiger partial charge in [-0.15, -0.1) is 11.6 Å². The molecule has 1 amide bonds. The molecule has 0 aliphatic heterocycles. The molecule has 52 valence electrons. The van der Waals surface area contributed by atoms with E-state index in [2.05, 4.69) is 5.43 Å². The summed E-state index contributed by atoms with van der Waals surface area (Å²) in [6, 6.07) is 0. The molecule has 0 aromatic rings. The molecule has 0 spiro atoms. The van der Waals surface area contributed by atoms with Crippen molar-refractivity contribution in [1.82, 2.24) is 5.43 Å². The lowest BCUT2D eigenvalue weighted by Gasteiger charge is -2.28. The Labute approximate surface area is 58.5 Å². The molecule has 0 aromatic carbocycles. The number of nitrogens with two attached hydrogens (primary N) is 1. The van der Waals surface area contributed by atoms with E-state index in [1.54, 1.807) is 0 Å². The third kappa shape index (κ3) is 1.34. The Bertz CT molecular complexity index is 122. The highest BCUT2D eigenvalue weighted by Gasteiger charge is 2.32. The van der Waals surface area contributed by atoms with Crippen LogP contribution >= 0.6 is 11.6 Å². The smallest absolute Gasteiger partial charge is 0.237 e. The average molecular weight is 149 g/mol. The van der Waals surface area contributed by atoms with E-state index in [1.807, 2.05) is 0 Å². The summed E-state index contributed by atoms with van der Waals surface area (Å²) in [5.41, 5.74) is 2.09. The van der Waals surface area contributed by atoms with E-state index in [-0.39, 0.29) is 17.2 Å². The van der Waals surface area contributed by atoms with E-state index in [9.17, 15) is 4.79 Å². The molecule has 1 aliphatic carbocycles. The zero-order valence-electron chi connectivity index (χ0n) is 4.93. The summed E-state index contributed by atoms with van der Waals surface area (Å²) in [5.74, 6) is 4.86. The first kappa shape index (κ1) is 6.83. The molecule has 0 bridgehead atoms. The van der Waals surface area contributed by atoms with Crippen LogP contribution in [0.2, 0.25) is 0 Å². The van der Waals surface area contributed by atoms with Gasteiger partial charge in [-0.1, -0.05) is 0 Å². The molecule has 0 unspecified atom stereocenters. The Balaban J connectivity index is 2.23. The quantitative estimate of drug-likeness (QED) is 0.238. The monoisotopic (exact) mass is 148 g/mol. The number of hydrogen-bond donors (Lipinski definition) is 2. The van der Waals surface area contributed by atoms with E-state index in [0.29, 0.717) is 0 Å². The van der Waals surface area contributed by atoms with Crippen LogP contribution in [0, 0.1) is 5.92 Å². The van der Waals surface area contributed by atoms with Gasteiger partial charge in [-0.05, 0) is 12.8 Å². The highest BCUT2D eigenvalue weighted by atomic mass is 35.5. The van der Waals surface area contributed by atoms with Gasteiger partial charge in [0.2, 0.25) is 5.91 Å². The molecule has 0 heterocycles. The van der Waals surface area contributed by atoms with Crippen molar-refractivity contribution in [2.75, 3.05) is 0 Å². The third-order valence-corrected chi connectivity index (χ3v) is 1.95. The second-order valence-corrected chi connectivity index (χ2v) is 2.89.